The van der Waals surface area contributed by atoms with Crippen LogP contribution in [-0.4, -0.2) is 29.5 Å². The molecule has 2 rings (SSSR count). The lowest BCUT2D eigenvalue weighted by molar-refractivity contribution is 0.102. The SMILES string of the molecule is CCCCCNc1ncc(C(=O)Nc2ccc(OC)cc2)cn1. The Morgan fingerprint density at radius 3 is 2.43 bits per heavy atom. The van der Waals surface area contributed by atoms with Crippen molar-refractivity contribution in [1.29, 1.82) is 0 Å². The van der Waals surface area contributed by atoms with Crippen molar-refractivity contribution in [3.63, 3.8) is 0 Å². The van der Waals surface area contributed by atoms with E-state index in [2.05, 4.69) is 27.5 Å². The number of amides is 1. The first-order valence-corrected chi connectivity index (χ1v) is 7.74. The van der Waals surface area contributed by atoms with Crippen LogP contribution in [0.1, 0.15) is 36.5 Å². The maximum Gasteiger partial charge on any atom is 0.258 e. The van der Waals surface area contributed by atoms with Crippen LogP contribution in [0, 0.1) is 0 Å². The summed E-state index contributed by atoms with van der Waals surface area (Å²) in [6, 6.07) is 7.13. The van der Waals surface area contributed by atoms with Crippen LogP contribution in [-0.2, 0) is 0 Å². The summed E-state index contributed by atoms with van der Waals surface area (Å²) in [6.45, 7) is 3.00. The van der Waals surface area contributed by atoms with Crippen LogP contribution in [0.15, 0.2) is 36.7 Å². The van der Waals surface area contributed by atoms with Gasteiger partial charge in [0.05, 0.1) is 12.7 Å². The molecule has 0 atom stereocenters. The number of carbonyl (C=O) groups excluding carboxylic acids is 1. The first-order chi connectivity index (χ1) is 11.2. The van der Waals surface area contributed by atoms with Gasteiger partial charge in [-0.15, -0.1) is 0 Å². The number of nitrogens with one attached hydrogen (secondary N) is 2. The van der Waals surface area contributed by atoms with Crippen LogP contribution in [0.25, 0.3) is 0 Å². The monoisotopic (exact) mass is 314 g/mol. The van der Waals surface area contributed by atoms with Crippen LogP contribution in [0.2, 0.25) is 0 Å². The Bertz CT molecular complexity index is 611. The fraction of sp³-hybridized carbons (Fsp3) is 0.353. The van der Waals surface area contributed by atoms with Gasteiger partial charge in [-0.1, -0.05) is 19.8 Å². The number of hydrogen-bond acceptors (Lipinski definition) is 5. The van der Waals surface area contributed by atoms with Crippen molar-refractivity contribution in [1.82, 2.24) is 9.97 Å². The van der Waals surface area contributed by atoms with Crippen molar-refractivity contribution in [3.05, 3.63) is 42.2 Å². The molecule has 1 heterocycles. The summed E-state index contributed by atoms with van der Waals surface area (Å²) in [7, 11) is 1.60. The third kappa shape index (κ3) is 5.25. The molecule has 6 nitrogen and oxygen atoms in total. The highest BCUT2D eigenvalue weighted by Crippen LogP contribution is 2.15. The van der Waals surface area contributed by atoms with Gasteiger partial charge in [-0.3, -0.25) is 4.79 Å². The number of anilines is 2. The van der Waals surface area contributed by atoms with Crippen LogP contribution in [0.5, 0.6) is 5.75 Å². The molecular formula is C17H22N4O2. The number of ether oxygens (including phenoxy) is 1. The van der Waals surface area contributed by atoms with Crippen molar-refractivity contribution in [3.8, 4) is 5.75 Å². The molecule has 0 bridgehead atoms. The molecule has 0 fully saturated rings. The van der Waals surface area contributed by atoms with Gasteiger partial charge in [0.25, 0.3) is 5.91 Å². The Morgan fingerprint density at radius 2 is 1.83 bits per heavy atom. The summed E-state index contributed by atoms with van der Waals surface area (Å²) in [4.78, 5) is 20.5. The molecule has 122 valence electrons. The number of carbonyl (C=O) groups is 1. The lowest BCUT2D eigenvalue weighted by Gasteiger charge is -2.07. The smallest absolute Gasteiger partial charge is 0.258 e. The second kappa shape index (κ2) is 8.73. The Balaban J connectivity index is 1.88. The van der Waals surface area contributed by atoms with E-state index in [9.17, 15) is 4.79 Å². The molecule has 23 heavy (non-hydrogen) atoms. The Labute approximate surface area is 136 Å². The van der Waals surface area contributed by atoms with Crippen LogP contribution < -0.4 is 15.4 Å². The van der Waals surface area contributed by atoms with Crippen molar-refractivity contribution >= 4 is 17.5 Å². The van der Waals surface area contributed by atoms with Gasteiger partial charge in [0.2, 0.25) is 5.95 Å². The summed E-state index contributed by atoms with van der Waals surface area (Å²) >= 11 is 0. The molecule has 0 unspecified atom stereocenters. The van der Waals surface area contributed by atoms with E-state index < -0.39 is 0 Å². The average molecular weight is 314 g/mol. The van der Waals surface area contributed by atoms with E-state index in [1.54, 1.807) is 31.4 Å². The first-order valence-electron chi connectivity index (χ1n) is 7.74. The molecule has 0 spiro atoms. The minimum absolute atomic E-state index is 0.243. The minimum atomic E-state index is -0.243. The highest BCUT2D eigenvalue weighted by atomic mass is 16.5. The predicted octanol–water partition coefficient (Wildman–Crippen LogP) is 3.34. The average Bonchev–Trinajstić information content (AvgIpc) is 2.60. The number of nitrogens with zero attached hydrogens (tertiary/aromatic N) is 2. The second-order valence-corrected chi connectivity index (χ2v) is 5.11. The van der Waals surface area contributed by atoms with Crippen LogP contribution in [0.3, 0.4) is 0 Å². The third-order valence-electron chi connectivity index (χ3n) is 3.33. The van der Waals surface area contributed by atoms with Crippen LogP contribution >= 0.6 is 0 Å². The first kappa shape index (κ1) is 16.7. The Hall–Kier alpha value is -2.63. The van der Waals surface area contributed by atoms with Gasteiger partial charge >= 0.3 is 0 Å². The number of rotatable bonds is 8. The van der Waals surface area contributed by atoms with Gasteiger partial charge in [0.1, 0.15) is 5.75 Å². The van der Waals surface area contributed by atoms with Crippen molar-refractivity contribution in [2.45, 2.75) is 26.2 Å². The molecule has 0 aliphatic carbocycles. The molecule has 1 aromatic heterocycles. The quantitative estimate of drug-likeness (QED) is 0.731. The lowest BCUT2D eigenvalue weighted by atomic mass is 10.2. The molecule has 6 heteroatoms. The van der Waals surface area contributed by atoms with Gasteiger partial charge in [0, 0.05) is 24.6 Å². The molecule has 0 aliphatic rings. The summed E-state index contributed by atoms with van der Waals surface area (Å²) in [6.07, 6.45) is 6.48. The van der Waals surface area contributed by atoms with E-state index in [1.807, 2.05) is 0 Å². The molecule has 0 aliphatic heterocycles. The predicted molar refractivity (Wildman–Crippen MR) is 91.0 cm³/mol. The number of aromatic nitrogens is 2. The molecule has 0 saturated heterocycles. The molecule has 0 saturated carbocycles. The maximum absolute atomic E-state index is 12.1. The molecule has 1 aromatic carbocycles. The number of benzene rings is 1. The minimum Gasteiger partial charge on any atom is -0.497 e. The lowest BCUT2D eigenvalue weighted by Crippen LogP contribution is -2.13. The summed E-state index contributed by atoms with van der Waals surface area (Å²) < 4.78 is 5.08. The van der Waals surface area contributed by atoms with E-state index in [0.717, 1.165) is 18.7 Å². The standard InChI is InChI=1S/C17H22N4O2/c1-3-4-5-10-18-17-19-11-13(12-20-17)16(22)21-14-6-8-15(23-2)9-7-14/h6-9,11-12H,3-5,10H2,1-2H3,(H,21,22)(H,18,19,20). The molecular weight excluding hydrogens is 292 g/mol. The van der Waals surface area contributed by atoms with Crippen molar-refractivity contribution < 1.29 is 9.53 Å². The van der Waals surface area contributed by atoms with Gasteiger partial charge in [-0.25, -0.2) is 9.97 Å². The number of hydrogen-bond donors (Lipinski definition) is 2. The van der Waals surface area contributed by atoms with E-state index >= 15 is 0 Å². The number of methoxy groups -OCH3 is 1. The van der Waals surface area contributed by atoms with E-state index in [-0.39, 0.29) is 5.91 Å². The van der Waals surface area contributed by atoms with Gasteiger partial charge in [0.15, 0.2) is 0 Å². The third-order valence-corrected chi connectivity index (χ3v) is 3.33. The maximum atomic E-state index is 12.1. The zero-order chi connectivity index (χ0) is 16.5. The highest BCUT2D eigenvalue weighted by Gasteiger charge is 2.07. The van der Waals surface area contributed by atoms with Crippen molar-refractivity contribution in [2.24, 2.45) is 0 Å². The summed E-state index contributed by atoms with van der Waals surface area (Å²) in [5, 5.41) is 5.93. The van der Waals surface area contributed by atoms with Gasteiger partial charge in [-0.2, -0.15) is 0 Å². The van der Waals surface area contributed by atoms with Crippen molar-refractivity contribution in [2.75, 3.05) is 24.3 Å². The van der Waals surface area contributed by atoms with Gasteiger partial charge < -0.3 is 15.4 Å². The van der Waals surface area contributed by atoms with E-state index in [4.69, 9.17) is 4.74 Å². The molecule has 2 aromatic rings. The topological polar surface area (TPSA) is 76.1 Å². The Kier molecular flexibility index (Phi) is 6.35. The molecule has 0 radical (unpaired) electrons. The number of unbranched alkanes of at least 4 members (excludes halogenated alkanes) is 2. The second-order valence-electron chi connectivity index (χ2n) is 5.11. The normalized spacial score (nSPS) is 10.2. The fourth-order valence-corrected chi connectivity index (χ4v) is 1.99. The highest BCUT2D eigenvalue weighted by molar-refractivity contribution is 6.03. The van der Waals surface area contributed by atoms with Crippen LogP contribution in [0.4, 0.5) is 11.6 Å². The Morgan fingerprint density at radius 1 is 1.13 bits per heavy atom. The zero-order valence-corrected chi connectivity index (χ0v) is 13.5. The molecule has 1 amide bonds. The fourth-order valence-electron chi connectivity index (χ4n) is 1.99. The van der Waals surface area contributed by atoms with Gasteiger partial charge in [-0.05, 0) is 30.7 Å². The van der Waals surface area contributed by atoms with E-state index in [1.165, 1.54) is 25.2 Å². The molecule has 2 N–H and O–H groups in total. The summed E-state index contributed by atoms with van der Waals surface area (Å²) in [5.74, 6) is 1.04. The van der Waals surface area contributed by atoms with E-state index in [0.29, 0.717) is 17.2 Å². The summed E-state index contributed by atoms with van der Waals surface area (Å²) in [5.41, 5.74) is 1.11. The largest absolute Gasteiger partial charge is 0.497 e. The zero-order valence-electron chi connectivity index (χ0n) is 13.5.